The maximum Gasteiger partial charge on any atom is 0.410 e. The number of piperidine rings is 1. The molecule has 19 heavy (non-hydrogen) atoms. The Balaban J connectivity index is 2.19. The molecule has 1 amide bonds. The molecule has 108 valence electrons. The van der Waals surface area contributed by atoms with Crippen molar-refractivity contribution < 1.29 is 14.3 Å². The minimum absolute atomic E-state index is 0.0945. The lowest BCUT2D eigenvalue weighted by atomic mass is 9.76. The lowest BCUT2D eigenvalue weighted by Crippen LogP contribution is -2.57. The Labute approximate surface area is 123 Å². The Morgan fingerprint density at radius 2 is 1.95 bits per heavy atom. The third kappa shape index (κ3) is 3.12. The summed E-state index contributed by atoms with van der Waals surface area (Å²) in [5, 5.41) is 0.310. The monoisotopic (exact) mass is 331 g/mol. The lowest BCUT2D eigenvalue weighted by Gasteiger charge is -2.47. The molecule has 0 radical (unpaired) electrons. The van der Waals surface area contributed by atoms with Crippen LogP contribution in [0, 0.1) is 5.92 Å². The molecule has 2 rings (SSSR count). The maximum atomic E-state index is 12.2. The highest BCUT2D eigenvalue weighted by atomic mass is 79.9. The number of likely N-dealkylation sites (tertiary alicyclic amines) is 1. The maximum absolute atomic E-state index is 12.2. The van der Waals surface area contributed by atoms with Crippen LogP contribution in [0.15, 0.2) is 0 Å². The summed E-state index contributed by atoms with van der Waals surface area (Å²) in [5.41, 5.74) is 0. The molecule has 1 saturated carbocycles. The Morgan fingerprint density at radius 1 is 1.21 bits per heavy atom. The van der Waals surface area contributed by atoms with Gasteiger partial charge in [0, 0.05) is 6.04 Å². The first kappa shape index (κ1) is 14.8. The van der Waals surface area contributed by atoms with Crippen LogP contribution < -0.4 is 0 Å². The first-order chi connectivity index (χ1) is 9.19. The van der Waals surface area contributed by atoms with Gasteiger partial charge in [0.25, 0.3) is 0 Å². The van der Waals surface area contributed by atoms with E-state index in [0.717, 1.165) is 25.7 Å². The third-order valence-corrected chi connectivity index (χ3v) is 4.91. The summed E-state index contributed by atoms with van der Waals surface area (Å²) in [7, 11) is 0. The van der Waals surface area contributed by atoms with Crippen LogP contribution >= 0.6 is 15.9 Å². The quantitative estimate of drug-likeness (QED) is 0.746. The molecular formula is C14H22BrNO3. The Hall–Kier alpha value is -0.580. The number of rotatable bonds is 3. The summed E-state index contributed by atoms with van der Waals surface area (Å²) in [6.45, 7) is 2.17. The highest BCUT2D eigenvalue weighted by Gasteiger charge is 2.43. The van der Waals surface area contributed by atoms with Crippen molar-refractivity contribution in [3.05, 3.63) is 0 Å². The van der Waals surface area contributed by atoms with Gasteiger partial charge >= 0.3 is 6.09 Å². The summed E-state index contributed by atoms with van der Waals surface area (Å²) in [4.78, 5) is 26.0. The van der Waals surface area contributed by atoms with Gasteiger partial charge in [-0.15, -0.1) is 0 Å². The first-order valence-electron chi connectivity index (χ1n) is 7.22. The van der Waals surface area contributed by atoms with E-state index < -0.39 is 0 Å². The zero-order chi connectivity index (χ0) is 13.8. The topological polar surface area (TPSA) is 46.6 Å². The molecule has 0 aromatic rings. The van der Waals surface area contributed by atoms with E-state index in [2.05, 4.69) is 15.9 Å². The molecule has 3 atom stereocenters. The molecule has 1 aliphatic heterocycles. The number of carbonyl (C=O) groups is 2. The summed E-state index contributed by atoms with van der Waals surface area (Å²) in [6.07, 6.45) is 6.11. The van der Waals surface area contributed by atoms with Crippen molar-refractivity contribution in [3.8, 4) is 0 Å². The fourth-order valence-electron chi connectivity index (χ4n) is 3.50. The van der Waals surface area contributed by atoms with Gasteiger partial charge in [0.2, 0.25) is 0 Å². The number of ether oxygens (including phenoxy) is 1. The SMILES string of the molecule is CCOC(=O)N1C(C(=O)CBr)CCC2CCCCC21. The summed E-state index contributed by atoms with van der Waals surface area (Å²) >= 11 is 3.23. The Morgan fingerprint density at radius 3 is 2.63 bits per heavy atom. The number of nitrogens with zero attached hydrogens (tertiary/aromatic N) is 1. The smallest absolute Gasteiger partial charge is 0.410 e. The molecule has 2 aliphatic rings. The molecule has 1 aliphatic carbocycles. The van der Waals surface area contributed by atoms with Crippen LogP contribution in [-0.4, -0.2) is 40.8 Å². The van der Waals surface area contributed by atoms with Crippen LogP contribution in [0.5, 0.6) is 0 Å². The molecule has 1 heterocycles. The van der Waals surface area contributed by atoms with E-state index in [1.54, 1.807) is 4.90 Å². The first-order valence-corrected chi connectivity index (χ1v) is 8.35. The van der Waals surface area contributed by atoms with Crippen LogP contribution in [0.25, 0.3) is 0 Å². The van der Waals surface area contributed by atoms with Gasteiger partial charge in [0.1, 0.15) is 0 Å². The van der Waals surface area contributed by atoms with Crippen molar-refractivity contribution in [2.24, 2.45) is 5.92 Å². The molecule has 1 saturated heterocycles. The predicted octanol–water partition coefficient (Wildman–Crippen LogP) is 3.13. The van der Waals surface area contributed by atoms with Crippen LogP contribution in [0.4, 0.5) is 4.79 Å². The molecule has 0 N–H and O–H groups in total. The fourth-order valence-corrected chi connectivity index (χ4v) is 3.87. The van der Waals surface area contributed by atoms with Crippen LogP contribution in [0.1, 0.15) is 45.4 Å². The molecule has 0 aromatic carbocycles. The highest BCUT2D eigenvalue weighted by molar-refractivity contribution is 9.09. The van der Waals surface area contributed by atoms with Gasteiger partial charge in [-0.25, -0.2) is 4.79 Å². The fraction of sp³-hybridized carbons (Fsp3) is 0.857. The zero-order valence-electron chi connectivity index (χ0n) is 11.4. The second kappa shape index (κ2) is 6.73. The molecular weight excluding hydrogens is 310 g/mol. The summed E-state index contributed by atoms with van der Waals surface area (Å²) < 4.78 is 5.17. The second-order valence-electron chi connectivity index (χ2n) is 5.41. The van der Waals surface area contributed by atoms with Gasteiger partial charge in [-0.3, -0.25) is 9.69 Å². The van der Waals surface area contributed by atoms with Crippen molar-refractivity contribution in [2.75, 3.05) is 11.9 Å². The Kier molecular flexibility index (Phi) is 5.25. The number of carbonyl (C=O) groups excluding carboxylic acids is 2. The molecule has 5 heteroatoms. The average Bonchev–Trinajstić information content (AvgIpc) is 2.45. The molecule has 2 fully saturated rings. The summed E-state index contributed by atoms with van der Waals surface area (Å²) in [5.74, 6) is 0.648. The molecule has 3 unspecified atom stereocenters. The van der Waals surface area contributed by atoms with E-state index >= 15 is 0 Å². The largest absolute Gasteiger partial charge is 0.450 e. The standard InChI is InChI=1S/C14H22BrNO3/c1-2-19-14(18)16-11-6-4-3-5-10(11)7-8-12(16)13(17)9-15/h10-12H,2-9H2,1H3. The van der Waals surface area contributed by atoms with E-state index in [1.807, 2.05) is 6.92 Å². The zero-order valence-corrected chi connectivity index (χ0v) is 13.0. The van der Waals surface area contributed by atoms with Gasteiger partial charge < -0.3 is 4.74 Å². The number of fused-ring (bicyclic) bond motifs is 1. The number of hydrogen-bond donors (Lipinski definition) is 0. The van der Waals surface area contributed by atoms with Gasteiger partial charge in [0.05, 0.1) is 18.0 Å². The van der Waals surface area contributed by atoms with Crippen molar-refractivity contribution >= 4 is 27.8 Å². The van der Waals surface area contributed by atoms with Crippen LogP contribution in [0.2, 0.25) is 0 Å². The molecule has 0 spiro atoms. The van der Waals surface area contributed by atoms with E-state index in [1.165, 1.54) is 12.8 Å². The number of halogens is 1. The van der Waals surface area contributed by atoms with Crippen LogP contribution in [-0.2, 0) is 9.53 Å². The Bertz CT molecular complexity index is 348. The molecule has 0 bridgehead atoms. The summed E-state index contributed by atoms with van der Waals surface area (Å²) in [6, 6.07) is -0.0904. The van der Waals surface area contributed by atoms with Crippen molar-refractivity contribution in [1.82, 2.24) is 4.90 Å². The minimum atomic E-state index is -0.307. The molecule has 4 nitrogen and oxygen atoms in total. The number of alkyl halides is 1. The van der Waals surface area contributed by atoms with Crippen LogP contribution in [0.3, 0.4) is 0 Å². The second-order valence-corrected chi connectivity index (χ2v) is 5.97. The van der Waals surface area contributed by atoms with Crippen molar-refractivity contribution in [2.45, 2.75) is 57.5 Å². The molecule has 0 aromatic heterocycles. The minimum Gasteiger partial charge on any atom is -0.450 e. The number of amides is 1. The number of ketones is 1. The van der Waals surface area contributed by atoms with E-state index in [-0.39, 0.29) is 24.0 Å². The van der Waals surface area contributed by atoms with E-state index in [9.17, 15) is 9.59 Å². The highest BCUT2D eigenvalue weighted by Crippen LogP contribution is 2.38. The third-order valence-electron chi connectivity index (χ3n) is 4.35. The van der Waals surface area contributed by atoms with Crippen molar-refractivity contribution in [3.63, 3.8) is 0 Å². The van der Waals surface area contributed by atoms with E-state index in [4.69, 9.17) is 4.74 Å². The number of Topliss-reactive ketones (excluding diaryl/α,β-unsaturated/α-hetero) is 1. The van der Waals surface area contributed by atoms with E-state index in [0.29, 0.717) is 17.9 Å². The van der Waals surface area contributed by atoms with Gasteiger partial charge in [0.15, 0.2) is 5.78 Å². The van der Waals surface area contributed by atoms with Gasteiger partial charge in [-0.05, 0) is 38.5 Å². The van der Waals surface area contributed by atoms with Crippen molar-refractivity contribution in [1.29, 1.82) is 0 Å². The van der Waals surface area contributed by atoms with Gasteiger partial charge in [-0.1, -0.05) is 28.8 Å². The predicted molar refractivity (Wildman–Crippen MR) is 76.4 cm³/mol. The normalized spacial score (nSPS) is 30.6. The van der Waals surface area contributed by atoms with Gasteiger partial charge in [-0.2, -0.15) is 0 Å². The number of hydrogen-bond acceptors (Lipinski definition) is 3. The average molecular weight is 332 g/mol. The lowest BCUT2D eigenvalue weighted by molar-refractivity contribution is -0.125.